The lowest BCUT2D eigenvalue weighted by Crippen LogP contribution is -2.30. The molecule has 0 saturated carbocycles. The van der Waals surface area contributed by atoms with Gasteiger partial charge < -0.3 is 5.32 Å². The van der Waals surface area contributed by atoms with Crippen molar-refractivity contribution < 1.29 is 8.42 Å². The maximum atomic E-state index is 10.8. The van der Waals surface area contributed by atoms with Crippen molar-refractivity contribution in [1.29, 1.82) is 0 Å². The average Bonchev–Trinajstić information content (AvgIpc) is 2.18. The van der Waals surface area contributed by atoms with Gasteiger partial charge in [-0.25, -0.2) is 13.1 Å². The number of nitrogens with one attached hydrogen (secondary N) is 2. The number of sulfonamides is 1. The largest absolute Gasteiger partial charge is 0.311 e. The Hall–Kier alpha value is -0.620. The van der Waals surface area contributed by atoms with Crippen LogP contribution in [0.3, 0.4) is 0 Å². The van der Waals surface area contributed by atoms with Crippen molar-refractivity contribution in [2.75, 3.05) is 19.3 Å². The molecule has 96 valence electrons. The third-order valence-corrected chi connectivity index (χ3v) is 3.27. The van der Waals surface area contributed by atoms with Crippen molar-refractivity contribution in [3.05, 3.63) is 34.3 Å². The summed E-state index contributed by atoms with van der Waals surface area (Å²) in [5.74, 6) is 0. The molecule has 0 heterocycles. The number of benzene rings is 1. The van der Waals surface area contributed by atoms with Crippen molar-refractivity contribution in [2.24, 2.45) is 0 Å². The van der Waals surface area contributed by atoms with E-state index in [-0.39, 0.29) is 0 Å². The van der Waals surface area contributed by atoms with Crippen LogP contribution in [0, 0.1) is 6.92 Å². The van der Waals surface area contributed by atoms with Gasteiger partial charge in [-0.15, -0.1) is 0 Å². The Morgan fingerprint density at radius 1 is 1.29 bits per heavy atom. The second-order valence-electron chi connectivity index (χ2n) is 3.94. The molecule has 0 fully saturated rings. The van der Waals surface area contributed by atoms with Crippen LogP contribution in [0.1, 0.15) is 11.1 Å². The summed E-state index contributed by atoms with van der Waals surface area (Å²) in [6.07, 6.45) is 1.14. The van der Waals surface area contributed by atoms with Gasteiger partial charge in [-0.1, -0.05) is 23.7 Å². The van der Waals surface area contributed by atoms with Crippen LogP contribution in [0.2, 0.25) is 5.02 Å². The zero-order chi connectivity index (χ0) is 12.9. The van der Waals surface area contributed by atoms with Gasteiger partial charge in [0, 0.05) is 24.7 Å². The van der Waals surface area contributed by atoms with Gasteiger partial charge in [0.05, 0.1) is 6.26 Å². The summed E-state index contributed by atoms with van der Waals surface area (Å²) in [4.78, 5) is 0. The minimum absolute atomic E-state index is 0.377. The quantitative estimate of drug-likeness (QED) is 0.770. The Labute approximate surface area is 107 Å². The van der Waals surface area contributed by atoms with Crippen molar-refractivity contribution in [3.63, 3.8) is 0 Å². The number of aryl methyl sites for hydroxylation is 1. The van der Waals surface area contributed by atoms with Crippen LogP contribution in [0.4, 0.5) is 0 Å². The molecule has 0 amide bonds. The molecule has 0 aliphatic heterocycles. The zero-order valence-electron chi connectivity index (χ0n) is 9.96. The molecule has 0 aliphatic rings. The molecule has 1 rings (SSSR count). The van der Waals surface area contributed by atoms with E-state index in [1.807, 2.05) is 25.1 Å². The molecule has 0 aliphatic carbocycles. The summed E-state index contributed by atoms with van der Waals surface area (Å²) < 4.78 is 24.0. The Balaban J connectivity index is 2.32. The van der Waals surface area contributed by atoms with Crippen LogP contribution in [0.5, 0.6) is 0 Å². The van der Waals surface area contributed by atoms with Crippen molar-refractivity contribution in [1.82, 2.24) is 10.0 Å². The number of halogens is 1. The monoisotopic (exact) mass is 276 g/mol. The molecule has 0 unspecified atom stereocenters. The molecule has 0 atom stereocenters. The first kappa shape index (κ1) is 14.4. The highest BCUT2D eigenvalue weighted by molar-refractivity contribution is 7.88. The van der Waals surface area contributed by atoms with Crippen LogP contribution >= 0.6 is 11.6 Å². The smallest absolute Gasteiger partial charge is 0.208 e. The molecular weight excluding hydrogens is 260 g/mol. The molecule has 0 aromatic heterocycles. The highest BCUT2D eigenvalue weighted by Gasteiger charge is 2.01. The Morgan fingerprint density at radius 2 is 2.00 bits per heavy atom. The lowest BCUT2D eigenvalue weighted by molar-refractivity contribution is 0.582. The van der Waals surface area contributed by atoms with E-state index in [4.69, 9.17) is 11.6 Å². The first-order chi connectivity index (χ1) is 7.88. The second-order valence-corrected chi connectivity index (χ2v) is 6.18. The van der Waals surface area contributed by atoms with Crippen molar-refractivity contribution >= 4 is 21.6 Å². The second kappa shape index (κ2) is 6.35. The maximum Gasteiger partial charge on any atom is 0.208 e. The predicted molar refractivity (Wildman–Crippen MR) is 70.7 cm³/mol. The van der Waals surface area contributed by atoms with E-state index < -0.39 is 10.0 Å². The van der Waals surface area contributed by atoms with Gasteiger partial charge in [-0.05, 0) is 24.1 Å². The van der Waals surface area contributed by atoms with E-state index >= 15 is 0 Å². The fourth-order valence-electron chi connectivity index (χ4n) is 1.34. The van der Waals surface area contributed by atoms with Crippen LogP contribution < -0.4 is 10.0 Å². The summed E-state index contributed by atoms with van der Waals surface area (Å²) in [7, 11) is -3.10. The summed E-state index contributed by atoms with van der Waals surface area (Å²) >= 11 is 6.06. The first-order valence-electron chi connectivity index (χ1n) is 5.29. The maximum absolute atomic E-state index is 10.8. The van der Waals surface area contributed by atoms with E-state index in [2.05, 4.69) is 10.0 Å². The molecule has 1 aromatic carbocycles. The molecular formula is C11H17ClN2O2S. The van der Waals surface area contributed by atoms with Gasteiger partial charge >= 0.3 is 0 Å². The van der Waals surface area contributed by atoms with Gasteiger partial charge in [0.2, 0.25) is 10.0 Å². The van der Waals surface area contributed by atoms with Crippen LogP contribution in [-0.2, 0) is 16.6 Å². The normalized spacial score (nSPS) is 11.7. The minimum Gasteiger partial charge on any atom is -0.311 e. The first-order valence-corrected chi connectivity index (χ1v) is 7.56. The molecule has 4 nitrogen and oxygen atoms in total. The summed E-state index contributed by atoms with van der Waals surface area (Å²) in [5.41, 5.74) is 2.13. The molecule has 0 radical (unpaired) electrons. The minimum atomic E-state index is -3.10. The third kappa shape index (κ3) is 6.02. The molecule has 0 spiro atoms. The van der Waals surface area contributed by atoms with Gasteiger partial charge in [0.15, 0.2) is 0 Å². The van der Waals surface area contributed by atoms with E-state index in [0.29, 0.717) is 19.6 Å². The summed E-state index contributed by atoms with van der Waals surface area (Å²) in [5, 5.41) is 3.85. The van der Waals surface area contributed by atoms with Crippen LogP contribution in [-0.4, -0.2) is 27.8 Å². The van der Waals surface area contributed by atoms with Gasteiger partial charge in [0.1, 0.15) is 0 Å². The Kier molecular flexibility index (Phi) is 5.39. The number of rotatable bonds is 6. The highest BCUT2D eigenvalue weighted by atomic mass is 35.5. The van der Waals surface area contributed by atoms with Crippen molar-refractivity contribution in [2.45, 2.75) is 13.5 Å². The van der Waals surface area contributed by atoms with Crippen molar-refractivity contribution in [3.8, 4) is 0 Å². The fourth-order valence-corrected chi connectivity index (χ4v) is 2.12. The molecule has 0 saturated heterocycles. The number of hydrogen-bond donors (Lipinski definition) is 2. The molecule has 2 N–H and O–H groups in total. The van der Waals surface area contributed by atoms with Gasteiger partial charge in [-0.3, -0.25) is 0 Å². The van der Waals surface area contributed by atoms with Crippen LogP contribution in [0.25, 0.3) is 0 Å². The van der Waals surface area contributed by atoms with E-state index in [0.717, 1.165) is 22.4 Å². The van der Waals surface area contributed by atoms with Gasteiger partial charge in [0.25, 0.3) is 0 Å². The van der Waals surface area contributed by atoms with E-state index in [1.54, 1.807) is 0 Å². The Morgan fingerprint density at radius 3 is 2.59 bits per heavy atom. The van der Waals surface area contributed by atoms with E-state index in [1.165, 1.54) is 0 Å². The molecule has 0 bridgehead atoms. The third-order valence-electron chi connectivity index (χ3n) is 2.19. The standard InChI is InChI=1S/C11H17ClN2O2S/c1-9-3-4-10(11(12)7-9)8-13-5-6-14-17(2,15)16/h3-4,7,13-14H,5-6,8H2,1-2H3. The topological polar surface area (TPSA) is 58.2 Å². The van der Waals surface area contributed by atoms with E-state index in [9.17, 15) is 8.42 Å². The molecule has 17 heavy (non-hydrogen) atoms. The predicted octanol–water partition coefficient (Wildman–Crippen LogP) is 1.29. The molecule has 6 heteroatoms. The fraction of sp³-hybridized carbons (Fsp3) is 0.455. The lowest BCUT2D eigenvalue weighted by atomic mass is 10.1. The SMILES string of the molecule is Cc1ccc(CNCCNS(C)(=O)=O)c(Cl)c1. The average molecular weight is 277 g/mol. The Bertz CT molecular complexity index is 474. The van der Waals surface area contributed by atoms with Crippen LogP contribution in [0.15, 0.2) is 18.2 Å². The summed E-state index contributed by atoms with van der Waals surface area (Å²) in [6.45, 7) is 3.56. The number of hydrogen-bond acceptors (Lipinski definition) is 3. The van der Waals surface area contributed by atoms with Gasteiger partial charge in [-0.2, -0.15) is 0 Å². The highest BCUT2D eigenvalue weighted by Crippen LogP contribution is 2.16. The zero-order valence-corrected chi connectivity index (χ0v) is 11.5. The lowest BCUT2D eigenvalue weighted by Gasteiger charge is -2.07. The summed E-state index contributed by atoms with van der Waals surface area (Å²) in [6, 6.07) is 5.87. The molecule has 1 aromatic rings.